The van der Waals surface area contributed by atoms with Gasteiger partial charge in [0.05, 0.1) is 23.7 Å². The van der Waals surface area contributed by atoms with Crippen LogP contribution in [0.3, 0.4) is 0 Å². The molecule has 3 aromatic rings. The summed E-state index contributed by atoms with van der Waals surface area (Å²) in [6.07, 6.45) is 0.967. The smallest absolute Gasteiger partial charge is 0.246 e. The third kappa shape index (κ3) is 9.85. The molecule has 5 N–H and O–H groups in total. The summed E-state index contributed by atoms with van der Waals surface area (Å²) in [5.74, 6) is 0.667. The van der Waals surface area contributed by atoms with Crippen LogP contribution in [0.5, 0.6) is 11.5 Å². The summed E-state index contributed by atoms with van der Waals surface area (Å²) in [4.78, 5) is 0.228. The average molecular weight is 762 g/mol. The van der Waals surface area contributed by atoms with Crippen LogP contribution in [0, 0.1) is 0 Å². The molecule has 0 amide bonds. The molecule has 0 aromatic heterocycles. The summed E-state index contributed by atoms with van der Waals surface area (Å²) in [7, 11) is -6.08. The van der Waals surface area contributed by atoms with Gasteiger partial charge in [-0.2, -0.15) is 4.31 Å². The van der Waals surface area contributed by atoms with Crippen LogP contribution in [0.15, 0.2) is 76.5 Å². The molecule has 0 aliphatic carbocycles. The Hall–Kier alpha value is -2.50. The van der Waals surface area contributed by atoms with Crippen LogP contribution in [-0.4, -0.2) is 90.5 Å². The molecule has 0 saturated carbocycles. The van der Waals surface area contributed by atoms with Gasteiger partial charge in [-0.1, -0.05) is 36.4 Å². The minimum atomic E-state index is -3.81. The number of ether oxygens (including phenoxy) is 3. The summed E-state index contributed by atoms with van der Waals surface area (Å²) >= 11 is 0. The number of nitrogens with two attached hydrogens (primary N) is 1. The second-order valence-corrected chi connectivity index (χ2v) is 15.6. The molecule has 2 saturated heterocycles. The lowest BCUT2D eigenvalue weighted by molar-refractivity contribution is -0.0312. The van der Waals surface area contributed by atoms with E-state index >= 15 is 0 Å². The lowest BCUT2D eigenvalue weighted by atomic mass is 9.88. The number of rotatable bonds is 14. The average Bonchev–Trinajstić information content (AvgIpc) is 3.48. The van der Waals surface area contributed by atoms with Crippen molar-refractivity contribution in [1.82, 2.24) is 14.3 Å². The van der Waals surface area contributed by atoms with E-state index in [-0.39, 0.29) is 53.8 Å². The van der Waals surface area contributed by atoms with Crippen LogP contribution in [-0.2, 0) is 31.3 Å². The van der Waals surface area contributed by atoms with Gasteiger partial charge < -0.3 is 30.4 Å². The zero-order valence-electron chi connectivity index (χ0n) is 27.5. The summed E-state index contributed by atoms with van der Waals surface area (Å²) in [6.45, 7) is 3.94. The maximum Gasteiger partial charge on any atom is 0.246 e. The molecule has 2 aliphatic heterocycles. The number of sulfonamides is 2. The quantitative estimate of drug-likeness (QED) is 0.191. The van der Waals surface area contributed by atoms with Crippen LogP contribution >= 0.6 is 24.8 Å². The SMILES string of the molecule is CCOc1cc(-c2ccc(CN)cc2)ccc1S(=O)(=O)N1CCC2(CC1)C[C@H](NC[C@H](O)COc1cccc(S(=O)(=O)NC)c1)CO2.Cl.Cl. The summed E-state index contributed by atoms with van der Waals surface area (Å²) < 4.78 is 73.1. The van der Waals surface area contributed by atoms with Crippen molar-refractivity contribution in [3.8, 4) is 22.6 Å². The van der Waals surface area contributed by atoms with Crippen LogP contribution < -0.4 is 25.2 Å². The minimum Gasteiger partial charge on any atom is -0.492 e. The van der Waals surface area contributed by atoms with E-state index < -0.39 is 31.8 Å². The lowest BCUT2D eigenvalue weighted by Gasteiger charge is -2.38. The van der Waals surface area contributed by atoms with Crippen molar-refractivity contribution in [3.63, 3.8) is 0 Å². The molecule has 0 bridgehead atoms. The Balaban J connectivity index is 0.00000325. The summed E-state index contributed by atoms with van der Waals surface area (Å²) in [6, 6.07) is 19.1. The number of nitrogens with zero attached hydrogens (tertiary/aromatic N) is 1. The zero-order valence-corrected chi connectivity index (χ0v) is 30.8. The predicted molar refractivity (Wildman–Crippen MR) is 193 cm³/mol. The van der Waals surface area contributed by atoms with Gasteiger partial charge >= 0.3 is 0 Å². The second-order valence-electron chi connectivity index (χ2n) is 11.9. The fraction of sp³-hybridized carbons (Fsp3) is 0.455. The Morgan fingerprint density at radius 2 is 1.69 bits per heavy atom. The zero-order chi connectivity index (χ0) is 33.7. The highest BCUT2D eigenvalue weighted by molar-refractivity contribution is 7.89. The third-order valence-corrected chi connectivity index (χ3v) is 12.0. The fourth-order valence-electron chi connectivity index (χ4n) is 6.00. The first-order chi connectivity index (χ1) is 22.5. The molecule has 49 heavy (non-hydrogen) atoms. The van der Waals surface area contributed by atoms with E-state index in [4.69, 9.17) is 19.9 Å². The largest absolute Gasteiger partial charge is 0.492 e. The number of aliphatic hydroxyl groups excluding tert-OH is 1. The van der Waals surface area contributed by atoms with Gasteiger partial charge in [-0.15, -0.1) is 24.8 Å². The molecule has 272 valence electrons. The van der Waals surface area contributed by atoms with E-state index in [9.17, 15) is 21.9 Å². The molecule has 5 rings (SSSR count). The van der Waals surface area contributed by atoms with Crippen LogP contribution in [0.4, 0.5) is 0 Å². The maximum absolute atomic E-state index is 13.8. The molecule has 1 spiro atoms. The number of hydrogen-bond donors (Lipinski definition) is 4. The number of hydrogen-bond acceptors (Lipinski definition) is 10. The van der Waals surface area contributed by atoms with E-state index in [1.807, 2.05) is 31.2 Å². The standard InChI is InChI=1S/C33H44N4O8S2.2ClH/c1-3-43-31-17-26(25-9-7-24(20-34)8-10-25)11-12-32(31)47(41,42)37-15-13-33(14-16-37)19-27(22-45-33)36-21-28(38)23-44-29-5-4-6-30(18-29)46(39,40)35-2;;/h4-12,17-18,27-28,35-36,38H,3,13-16,19-23,34H2,1-2H3;2*1H/t27-,28-;;/m0../s1. The van der Waals surface area contributed by atoms with Gasteiger partial charge in [0, 0.05) is 38.3 Å². The number of aliphatic hydroxyl groups is 1. The van der Waals surface area contributed by atoms with Crippen molar-refractivity contribution >= 4 is 44.9 Å². The monoisotopic (exact) mass is 760 g/mol. The molecule has 2 aliphatic rings. The van der Waals surface area contributed by atoms with Gasteiger partial charge in [0.2, 0.25) is 20.0 Å². The van der Waals surface area contributed by atoms with Gasteiger partial charge in [-0.3, -0.25) is 0 Å². The first-order valence-corrected chi connectivity index (χ1v) is 18.7. The van der Waals surface area contributed by atoms with E-state index in [1.165, 1.54) is 23.5 Å². The van der Waals surface area contributed by atoms with Gasteiger partial charge in [0.25, 0.3) is 0 Å². The Bertz CT molecular complexity index is 1740. The molecule has 2 atom stereocenters. The molecule has 0 radical (unpaired) electrons. The Morgan fingerprint density at radius 1 is 1.00 bits per heavy atom. The molecule has 12 nitrogen and oxygen atoms in total. The van der Waals surface area contributed by atoms with Gasteiger partial charge in [-0.25, -0.2) is 21.6 Å². The first-order valence-electron chi connectivity index (χ1n) is 15.8. The van der Waals surface area contributed by atoms with E-state index in [0.29, 0.717) is 63.6 Å². The second kappa shape index (κ2) is 17.6. The van der Waals surface area contributed by atoms with Crippen molar-refractivity contribution in [2.75, 3.05) is 46.5 Å². The molecule has 2 fully saturated rings. The molecule has 0 unspecified atom stereocenters. The highest BCUT2D eigenvalue weighted by Crippen LogP contribution is 2.39. The van der Waals surface area contributed by atoms with Crippen molar-refractivity contribution < 1.29 is 36.2 Å². The highest BCUT2D eigenvalue weighted by atomic mass is 35.5. The minimum absolute atomic E-state index is 0. The van der Waals surface area contributed by atoms with E-state index in [2.05, 4.69) is 10.0 Å². The van der Waals surface area contributed by atoms with Crippen molar-refractivity contribution in [1.29, 1.82) is 0 Å². The first kappa shape index (κ1) is 40.9. The van der Waals surface area contributed by atoms with Gasteiger partial charge in [-0.05, 0) is 74.2 Å². The van der Waals surface area contributed by atoms with Crippen molar-refractivity contribution in [3.05, 3.63) is 72.3 Å². The van der Waals surface area contributed by atoms with Crippen molar-refractivity contribution in [2.45, 2.75) is 60.3 Å². The lowest BCUT2D eigenvalue weighted by Crippen LogP contribution is -2.47. The molecule has 16 heteroatoms. The summed E-state index contributed by atoms with van der Waals surface area (Å²) in [5, 5.41) is 13.8. The van der Waals surface area contributed by atoms with E-state index in [0.717, 1.165) is 16.7 Å². The van der Waals surface area contributed by atoms with E-state index in [1.54, 1.807) is 30.3 Å². The predicted octanol–water partition coefficient (Wildman–Crippen LogP) is 3.30. The number of halogens is 2. The van der Waals surface area contributed by atoms with Crippen LogP contribution in [0.2, 0.25) is 0 Å². The Labute approximate surface area is 301 Å². The molecule has 3 aromatic carbocycles. The number of nitrogens with one attached hydrogen (secondary N) is 2. The molecule has 2 heterocycles. The normalized spacial score (nSPS) is 18.3. The summed E-state index contributed by atoms with van der Waals surface area (Å²) in [5.41, 5.74) is 8.10. The number of benzene rings is 3. The topological polar surface area (TPSA) is 170 Å². The third-order valence-electron chi connectivity index (χ3n) is 8.70. The molecular weight excluding hydrogens is 715 g/mol. The van der Waals surface area contributed by atoms with Crippen LogP contribution in [0.1, 0.15) is 31.7 Å². The Morgan fingerprint density at radius 3 is 2.35 bits per heavy atom. The Kier molecular flexibility index (Phi) is 14.7. The van der Waals surface area contributed by atoms with Crippen LogP contribution in [0.25, 0.3) is 11.1 Å². The van der Waals surface area contributed by atoms with Gasteiger partial charge in [0.1, 0.15) is 29.1 Å². The molecular formula is C33H46Cl2N4O8S2. The van der Waals surface area contributed by atoms with Gasteiger partial charge in [0.15, 0.2) is 0 Å². The fourth-order valence-corrected chi connectivity index (χ4v) is 8.32. The highest BCUT2D eigenvalue weighted by Gasteiger charge is 2.45. The number of piperidine rings is 1. The maximum atomic E-state index is 13.8. The van der Waals surface area contributed by atoms with Crippen molar-refractivity contribution in [2.24, 2.45) is 5.73 Å².